The van der Waals surface area contributed by atoms with Crippen LogP contribution in [0.2, 0.25) is 0 Å². The van der Waals surface area contributed by atoms with E-state index in [1.165, 1.54) is 24.3 Å². The summed E-state index contributed by atoms with van der Waals surface area (Å²) in [6.45, 7) is 0. The molecule has 0 bridgehead atoms. The summed E-state index contributed by atoms with van der Waals surface area (Å²) >= 11 is 0. The van der Waals surface area contributed by atoms with E-state index < -0.39 is 11.3 Å². The molecule has 3 N–H and O–H groups in total. The number of phenolic OH excluding ortho intramolecular Hbond substituents is 3. The Bertz CT molecular complexity index is 1640. The number of ketones is 3. The highest BCUT2D eigenvalue weighted by Gasteiger charge is 2.59. The van der Waals surface area contributed by atoms with Crippen molar-refractivity contribution in [1.29, 1.82) is 0 Å². The largest absolute Gasteiger partial charge is 0.507 e. The van der Waals surface area contributed by atoms with E-state index >= 15 is 0 Å². The summed E-state index contributed by atoms with van der Waals surface area (Å²) in [5.41, 5.74) is 3.26. The van der Waals surface area contributed by atoms with Gasteiger partial charge in [0, 0.05) is 18.4 Å². The van der Waals surface area contributed by atoms with Crippen LogP contribution in [0.15, 0.2) is 60.7 Å². The molecule has 0 heterocycles. The zero-order valence-electron chi connectivity index (χ0n) is 18.3. The fourth-order valence-corrected chi connectivity index (χ4v) is 6.85. The Morgan fingerprint density at radius 2 is 1.29 bits per heavy atom. The zero-order chi connectivity index (χ0) is 24.2. The van der Waals surface area contributed by atoms with Crippen LogP contribution in [0, 0.1) is 5.92 Å². The maximum atomic E-state index is 13.5. The Balaban J connectivity index is 1.76. The van der Waals surface area contributed by atoms with Crippen molar-refractivity contribution in [3.8, 4) is 17.2 Å². The lowest BCUT2D eigenvalue weighted by Gasteiger charge is -2.44. The van der Waals surface area contributed by atoms with E-state index in [1.807, 2.05) is 0 Å². The fraction of sp³-hybridized carbons (Fsp3) is 0.138. The van der Waals surface area contributed by atoms with Crippen LogP contribution in [-0.4, -0.2) is 32.7 Å². The number of fused-ring (bicyclic) bond motifs is 3. The third-order valence-corrected chi connectivity index (χ3v) is 8.00. The highest BCUT2D eigenvalue weighted by atomic mass is 16.3. The fourth-order valence-electron chi connectivity index (χ4n) is 6.85. The highest BCUT2D eigenvalue weighted by Crippen LogP contribution is 2.66. The molecule has 0 saturated carbocycles. The van der Waals surface area contributed by atoms with Crippen molar-refractivity contribution in [2.24, 2.45) is 5.92 Å². The average Bonchev–Trinajstić information content (AvgIpc) is 3.05. The SMILES string of the molecule is O=C1C[C@@H]2CC(=O)c3c(O)cccc3[C@]23C(=C2C=CC(=O)c4c(O)ccc3c42)c2cccc(O)c21. The molecular formula is C29H18O6. The second-order valence-electron chi connectivity index (χ2n) is 9.53. The van der Waals surface area contributed by atoms with Crippen molar-refractivity contribution < 1.29 is 29.7 Å². The molecule has 7 rings (SSSR count). The minimum atomic E-state index is -1.04. The van der Waals surface area contributed by atoms with Crippen LogP contribution in [-0.2, 0) is 5.41 Å². The number of carbonyl (C=O) groups excluding carboxylic acids is 3. The van der Waals surface area contributed by atoms with Gasteiger partial charge in [0.15, 0.2) is 17.3 Å². The predicted molar refractivity (Wildman–Crippen MR) is 127 cm³/mol. The van der Waals surface area contributed by atoms with Gasteiger partial charge in [-0.2, -0.15) is 0 Å². The van der Waals surface area contributed by atoms with Crippen LogP contribution in [0.4, 0.5) is 0 Å². The molecule has 2 atom stereocenters. The van der Waals surface area contributed by atoms with Crippen LogP contribution in [0.3, 0.4) is 0 Å². The van der Waals surface area contributed by atoms with Gasteiger partial charge < -0.3 is 15.3 Å². The van der Waals surface area contributed by atoms with Crippen molar-refractivity contribution in [3.63, 3.8) is 0 Å². The molecule has 0 amide bonds. The number of rotatable bonds is 0. The predicted octanol–water partition coefficient (Wildman–Crippen LogP) is 4.56. The third kappa shape index (κ3) is 2.17. The minimum absolute atomic E-state index is 0.00446. The van der Waals surface area contributed by atoms with E-state index in [0.717, 1.165) is 0 Å². The van der Waals surface area contributed by atoms with Gasteiger partial charge in [-0.05, 0) is 58.0 Å². The number of Topliss-reactive ketones (excluding diaryl/α,β-unsaturated/α-hetero) is 2. The zero-order valence-corrected chi connectivity index (χ0v) is 18.3. The standard InChI is InChI=1S/C29H18O6/c30-18-5-1-3-14-25(18)22(34)11-13-12-23(35)26-16(4-2-6-19(26)31)29(13)17-8-10-21(33)27-20(32)9-7-15(24(17)27)28(14)29/h1-10,13,30-31,33H,11-12H2/t13-,29-/m1/s1. The number of benzene rings is 3. The maximum Gasteiger partial charge on any atom is 0.190 e. The summed E-state index contributed by atoms with van der Waals surface area (Å²) in [5.74, 6) is -1.80. The average molecular weight is 462 g/mol. The monoisotopic (exact) mass is 462 g/mol. The van der Waals surface area contributed by atoms with E-state index in [0.29, 0.717) is 33.4 Å². The molecule has 35 heavy (non-hydrogen) atoms. The first-order valence-corrected chi connectivity index (χ1v) is 11.4. The first-order valence-electron chi connectivity index (χ1n) is 11.4. The lowest BCUT2D eigenvalue weighted by Crippen LogP contribution is -2.42. The molecule has 6 nitrogen and oxygen atoms in total. The molecular weight excluding hydrogens is 444 g/mol. The van der Waals surface area contributed by atoms with Gasteiger partial charge in [0.2, 0.25) is 0 Å². The molecule has 170 valence electrons. The second kappa shape index (κ2) is 6.36. The van der Waals surface area contributed by atoms with Crippen molar-refractivity contribution in [3.05, 3.63) is 99.6 Å². The number of phenols is 3. The van der Waals surface area contributed by atoms with Gasteiger partial charge in [-0.25, -0.2) is 0 Å². The normalized spacial score (nSPS) is 23.3. The highest BCUT2D eigenvalue weighted by molar-refractivity contribution is 6.23. The van der Waals surface area contributed by atoms with Gasteiger partial charge in [0.25, 0.3) is 0 Å². The Labute approximate surface area is 199 Å². The van der Waals surface area contributed by atoms with Gasteiger partial charge >= 0.3 is 0 Å². The van der Waals surface area contributed by atoms with E-state index in [1.54, 1.807) is 36.4 Å². The van der Waals surface area contributed by atoms with Crippen molar-refractivity contribution in [1.82, 2.24) is 0 Å². The summed E-state index contributed by atoms with van der Waals surface area (Å²) in [5, 5.41) is 32.2. The molecule has 1 spiro atoms. The van der Waals surface area contributed by atoms with Gasteiger partial charge in [0.05, 0.1) is 22.1 Å². The molecule has 4 aliphatic carbocycles. The quantitative estimate of drug-likeness (QED) is 0.452. The molecule has 3 aromatic carbocycles. The molecule has 0 aliphatic heterocycles. The molecule has 4 aliphatic rings. The van der Waals surface area contributed by atoms with Crippen LogP contribution < -0.4 is 0 Å². The number of allylic oxidation sites excluding steroid dienone is 4. The molecule has 0 unspecified atom stereocenters. The third-order valence-electron chi connectivity index (χ3n) is 8.00. The Hall–Kier alpha value is -4.45. The maximum absolute atomic E-state index is 13.5. The van der Waals surface area contributed by atoms with E-state index in [2.05, 4.69) is 0 Å². The molecule has 0 aromatic heterocycles. The van der Waals surface area contributed by atoms with E-state index in [-0.39, 0.29) is 64.1 Å². The first kappa shape index (κ1) is 20.0. The number of hydrogen-bond acceptors (Lipinski definition) is 6. The van der Waals surface area contributed by atoms with Crippen molar-refractivity contribution in [2.75, 3.05) is 0 Å². The van der Waals surface area contributed by atoms with Crippen LogP contribution >= 0.6 is 0 Å². The number of hydrogen-bond donors (Lipinski definition) is 3. The Morgan fingerprint density at radius 3 is 2.06 bits per heavy atom. The molecule has 3 aromatic rings. The smallest absolute Gasteiger partial charge is 0.190 e. The van der Waals surface area contributed by atoms with E-state index in [4.69, 9.17) is 0 Å². The Kier molecular flexibility index (Phi) is 3.63. The summed E-state index contributed by atoms with van der Waals surface area (Å²) in [6, 6.07) is 13.1. The van der Waals surface area contributed by atoms with Crippen LogP contribution in [0.1, 0.15) is 66.2 Å². The second-order valence-corrected chi connectivity index (χ2v) is 9.53. The van der Waals surface area contributed by atoms with Crippen LogP contribution in [0.25, 0.3) is 11.1 Å². The molecule has 0 radical (unpaired) electrons. The Morgan fingerprint density at radius 1 is 0.657 bits per heavy atom. The molecule has 6 heteroatoms. The minimum Gasteiger partial charge on any atom is -0.507 e. The summed E-state index contributed by atoms with van der Waals surface area (Å²) in [4.78, 5) is 39.8. The summed E-state index contributed by atoms with van der Waals surface area (Å²) < 4.78 is 0. The van der Waals surface area contributed by atoms with Crippen molar-refractivity contribution in [2.45, 2.75) is 18.3 Å². The first-order chi connectivity index (χ1) is 16.9. The lowest BCUT2D eigenvalue weighted by molar-refractivity contribution is 0.0883. The topological polar surface area (TPSA) is 112 Å². The van der Waals surface area contributed by atoms with E-state index in [9.17, 15) is 29.7 Å². The van der Waals surface area contributed by atoms with Gasteiger partial charge in [-0.1, -0.05) is 36.4 Å². The van der Waals surface area contributed by atoms with Gasteiger partial charge in [0.1, 0.15) is 17.2 Å². The van der Waals surface area contributed by atoms with Crippen molar-refractivity contribution >= 4 is 28.5 Å². The lowest BCUT2D eigenvalue weighted by atomic mass is 9.56. The van der Waals surface area contributed by atoms with Gasteiger partial charge in [-0.15, -0.1) is 0 Å². The van der Waals surface area contributed by atoms with Crippen LogP contribution in [0.5, 0.6) is 17.2 Å². The molecule has 0 fully saturated rings. The number of carbonyl (C=O) groups is 3. The molecule has 0 saturated heterocycles. The van der Waals surface area contributed by atoms with Gasteiger partial charge in [-0.3, -0.25) is 14.4 Å². The summed E-state index contributed by atoms with van der Waals surface area (Å²) in [7, 11) is 0. The number of aromatic hydroxyl groups is 3. The summed E-state index contributed by atoms with van der Waals surface area (Å²) in [6.07, 6.45) is 3.09.